The van der Waals surface area contributed by atoms with E-state index in [9.17, 15) is 0 Å². The summed E-state index contributed by atoms with van der Waals surface area (Å²) in [6.45, 7) is 4.49. The fraction of sp³-hybridized carbons (Fsp3) is 0.150. The first kappa shape index (κ1) is 33.6. The average Bonchev–Trinajstić information content (AvgIpc) is 4.05. The summed E-state index contributed by atoms with van der Waals surface area (Å²) in [5.74, 6) is 0. The van der Waals surface area contributed by atoms with Crippen molar-refractivity contribution in [1.29, 1.82) is 0 Å². The summed E-state index contributed by atoms with van der Waals surface area (Å²) in [4.78, 5) is 18.3. The van der Waals surface area contributed by atoms with Crippen LogP contribution in [0.4, 0.5) is 0 Å². The number of H-pyrrole nitrogens is 1. The van der Waals surface area contributed by atoms with Gasteiger partial charge in [0.2, 0.25) is 0 Å². The molecule has 8 aromatic heterocycles. The number of hydrogen-bond donors (Lipinski definition) is 1. The molecule has 0 aliphatic heterocycles. The topological polar surface area (TPSA) is 169 Å². The summed E-state index contributed by atoms with van der Waals surface area (Å²) >= 11 is 0. The minimum atomic E-state index is 0.588. The van der Waals surface area contributed by atoms with Crippen molar-refractivity contribution < 1.29 is 4.74 Å². The third-order valence-electron chi connectivity index (χ3n) is 9.28. The Kier molecular flexibility index (Phi) is 8.93. The maximum absolute atomic E-state index is 5.11. The van der Waals surface area contributed by atoms with Gasteiger partial charge in [-0.15, -0.1) is 10.2 Å². The van der Waals surface area contributed by atoms with E-state index in [2.05, 4.69) is 82.3 Å². The predicted molar refractivity (Wildman–Crippen MR) is 208 cm³/mol. The third-order valence-corrected chi connectivity index (χ3v) is 9.28. The fourth-order valence-corrected chi connectivity index (χ4v) is 6.44. The van der Waals surface area contributed by atoms with Crippen molar-refractivity contribution in [3.8, 4) is 22.5 Å². The van der Waals surface area contributed by atoms with Gasteiger partial charge in [0.05, 0.1) is 61.1 Å². The van der Waals surface area contributed by atoms with Crippen LogP contribution in [0.1, 0.15) is 16.8 Å². The van der Waals surface area contributed by atoms with Crippen LogP contribution in [0.3, 0.4) is 0 Å². The number of nitrogens with zero attached hydrogens (tertiary/aromatic N) is 13. The van der Waals surface area contributed by atoms with E-state index in [1.165, 1.54) is 0 Å². The van der Waals surface area contributed by atoms with Gasteiger partial charge in [0, 0.05) is 53.3 Å². The molecule has 0 aliphatic carbocycles. The van der Waals surface area contributed by atoms with Gasteiger partial charge in [-0.05, 0) is 78.7 Å². The highest BCUT2D eigenvalue weighted by molar-refractivity contribution is 5.80. The molecule has 0 amide bonds. The zero-order chi connectivity index (χ0) is 37.1. The number of nitrogens with one attached hydrogen (secondary N) is 1. The first-order valence-electron chi connectivity index (χ1n) is 17.7. The average molecular weight is 727 g/mol. The summed E-state index contributed by atoms with van der Waals surface area (Å²) in [5.41, 5.74) is 11.9. The van der Waals surface area contributed by atoms with Crippen molar-refractivity contribution in [3.05, 3.63) is 133 Å². The van der Waals surface area contributed by atoms with E-state index in [4.69, 9.17) is 14.7 Å². The molecule has 10 aromatic rings. The van der Waals surface area contributed by atoms with E-state index in [1.54, 1.807) is 25.7 Å². The molecule has 270 valence electrons. The second-order valence-electron chi connectivity index (χ2n) is 13.0. The molecule has 1 N–H and O–H groups in total. The Balaban J connectivity index is 0.000000145. The fourth-order valence-electron chi connectivity index (χ4n) is 6.44. The molecule has 15 nitrogen and oxygen atoms in total. The van der Waals surface area contributed by atoms with Gasteiger partial charge in [-0.1, -0.05) is 34.7 Å². The molecule has 0 bridgehead atoms. The van der Waals surface area contributed by atoms with Crippen molar-refractivity contribution in [2.75, 3.05) is 13.7 Å². The maximum atomic E-state index is 5.11. The van der Waals surface area contributed by atoms with Crippen molar-refractivity contribution in [3.63, 3.8) is 0 Å². The summed E-state index contributed by atoms with van der Waals surface area (Å²) < 4.78 is 10.6. The van der Waals surface area contributed by atoms with Gasteiger partial charge >= 0.3 is 0 Å². The van der Waals surface area contributed by atoms with Crippen LogP contribution in [0.25, 0.3) is 66.6 Å². The van der Waals surface area contributed by atoms with E-state index >= 15 is 0 Å². The minimum Gasteiger partial charge on any atom is -0.383 e. The number of hydrogen-bond acceptors (Lipinski definition) is 11. The van der Waals surface area contributed by atoms with Crippen LogP contribution < -0.4 is 0 Å². The zero-order valence-electron chi connectivity index (χ0n) is 30.0. The van der Waals surface area contributed by atoms with Gasteiger partial charge in [-0.3, -0.25) is 19.7 Å². The Labute approximate surface area is 313 Å². The van der Waals surface area contributed by atoms with E-state index in [0.29, 0.717) is 26.2 Å². The second kappa shape index (κ2) is 14.6. The highest BCUT2D eigenvalue weighted by atomic mass is 16.5. The Morgan fingerprint density at radius 2 is 1.27 bits per heavy atom. The van der Waals surface area contributed by atoms with Gasteiger partial charge < -0.3 is 4.74 Å². The predicted octanol–water partition coefficient (Wildman–Crippen LogP) is 6.05. The van der Waals surface area contributed by atoms with Gasteiger partial charge in [0.1, 0.15) is 11.0 Å². The van der Waals surface area contributed by atoms with Crippen LogP contribution in [0.15, 0.2) is 116 Å². The molecule has 0 unspecified atom stereocenters. The summed E-state index contributed by atoms with van der Waals surface area (Å²) in [7, 11) is 1.68. The molecule has 10 rings (SSSR count). The minimum absolute atomic E-state index is 0.588. The van der Waals surface area contributed by atoms with Crippen LogP contribution in [-0.2, 0) is 24.4 Å². The van der Waals surface area contributed by atoms with Crippen molar-refractivity contribution in [2.45, 2.75) is 26.6 Å². The van der Waals surface area contributed by atoms with Gasteiger partial charge in [-0.25, -0.2) is 19.3 Å². The van der Waals surface area contributed by atoms with E-state index < -0.39 is 0 Å². The SMILES string of the molecule is COCCn1cc(-c2ccc3nnn(Cc4ccc5ncccc5c4)c3n2)cn1.Cc1[nH]ncc1-c1ccc2nnn(Cc3ccc4ncccc4c3)c2n1. The van der Waals surface area contributed by atoms with Gasteiger partial charge in [0.15, 0.2) is 11.3 Å². The normalized spacial score (nSPS) is 11.5. The molecule has 0 aliphatic rings. The molecule has 2 aromatic carbocycles. The molecule has 0 saturated heterocycles. The Morgan fingerprint density at radius 3 is 1.87 bits per heavy atom. The summed E-state index contributed by atoms with van der Waals surface area (Å²) in [6.07, 6.45) is 9.17. The maximum Gasteiger partial charge on any atom is 0.179 e. The van der Waals surface area contributed by atoms with Crippen molar-refractivity contribution in [1.82, 2.24) is 69.9 Å². The largest absolute Gasteiger partial charge is 0.383 e. The highest BCUT2D eigenvalue weighted by Crippen LogP contribution is 2.24. The Bertz CT molecular complexity index is 2920. The number of aromatic amines is 1. The van der Waals surface area contributed by atoms with E-state index in [1.807, 2.05) is 81.9 Å². The molecule has 0 saturated carbocycles. The molecule has 0 atom stereocenters. The van der Waals surface area contributed by atoms with Crippen LogP contribution in [-0.4, -0.2) is 83.6 Å². The molecule has 15 heteroatoms. The number of pyridine rings is 4. The number of aromatic nitrogens is 14. The van der Waals surface area contributed by atoms with E-state index in [-0.39, 0.29) is 0 Å². The highest BCUT2D eigenvalue weighted by Gasteiger charge is 2.13. The number of ether oxygens (including phenoxy) is 1. The molecular weight excluding hydrogens is 693 g/mol. The van der Waals surface area contributed by atoms with Crippen LogP contribution >= 0.6 is 0 Å². The van der Waals surface area contributed by atoms with Crippen molar-refractivity contribution in [2.24, 2.45) is 0 Å². The monoisotopic (exact) mass is 726 g/mol. The number of benzene rings is 2. The van der Waals surface area contributed by atoms with E-state index in [0.717, 1.165) is 83.5 Å². The number of rotatable bonds is 9. The lowest BCUT2D eigenvalue weighted by Crippen LogP contribution is -2.04. The Morgan fingerprint density at radius 1 is 0.673 bits per heavy atom. The molecule has 0 fully saturated rings. The standard InChI is InChI=1S/C21H19N7O.C19H15N7/c1-29-10-9-27-14-17(12-23-27)19-6-7-20-21(24-19)28(26-25-20)13-15-4-5-18-16(11-15)3-2-8-22-18;1-12-15(10-21-23-12)17-6-7-18-19(22-17)26(25-24-18)11-13-4-5-16-14(9-13)3-2-8-20-16/h2-8,11-12,14H,9-10,13H2,1H3;2-10H,11H2,1H3,(H,21,23). The molecule has 55 heavy (non-hydrogen) atoms. The zero-order valence-corrected chi connectivity index (χ0v) is 30.0. The van der Waals surface area contributed by atoms with Gasteiger partial charge in [0.25, 0.3) is 0 Å². The molecular formula is C40H34N14O. The van der Waals surface area contributed by atoms with Crippen molar-refractivity contribution >= 4 is 44.1 Å². The number of fused-ring (bicyclic) bond motifs is 4. The number of methoxy groups -OCH3 is 1. The summed E-state index contributed by atoms with van der Waals surface area (Å²) in [6, 6.07) is 28.2. The van der Waals surface area contributed by atoms with Crippen LogP contribution in [0.2, 0.25) is 0 Å². The lowest BCUT2D eigenvalue weighted by Gasteiger charge is -2.05. The summed E-state index contributed by atoms with van der Waals surface area (Å²) in [5, 5.41) is 30.7. The molecule has 8 heterocycles. The van der Waals surface area contributed by atoms with Gasteiger partial charge in [-0.2, -0.15) is 10.2 Å². The smallest absolute Gasteiger partial charge is 0.179 e. The van der Waals surface area contributed by atoms with Crippen LogP contribution in [0, 0.1) is 6.92 Å². The third kappa shape index (κ3) is 6.98. The Hall–Kier alpha value is -7.26. The quantitative estimate of drug-likeness (QED) is 0.184. The number of aryl methyl sites for hydroxylation is 1. The molecule has 0 spiro atoms. The lowest BCUT2D eigenvalue weighted by molar-refractivity contribution is 0.183. The first-order chi connectivity index (χ1) is 27.1. The molecule has 0 radical (unpaired) electrons. The lowest BCUT2D eigenvalue weighted by atomic mass is 10.1. The van der Waals surface area contributed by atoms with Crippen LogP contribution in [0.5, 0.6) is 0 Å². The second-order valence-corrected chi connectivity index (χ2v) is 13.0. The first-order valence-corrected chi connectivity index (χ1v) is 17.7.